The number of thiol groups is 1. The topological polar surface area (TPSA) is 110 Å². The average Bonchev–Trinajstić information content (AvgIpc) is 3.45. The number of benzene rings is 1. The van der Waals surface area contributed by atoms with Crippen LogP contribution in [0.3, 0.4) is 0 Å². The van der Waals surface area contributed by atoms with Gasteiger partial charge in [0.15, 0.2) is 5.82 Å². The highest BCUT2D eigenvalue weighted by Crippen LogP contribution is 2.34. The van der Waals surface area contributed by atoms with Gasteiger partial charge in [-0.2, -0.15) is 27.2 Å². The zero-order valence-electron chi connectivity index (χ0n) is 18.7. The Morgan fingerprint density at radius 3 is 2.49 bits per heavy atom. The molecule has 3 heterocycles. The number of rotatable bonds is 10. The first-order valence-electron chi connectivity index (χ1n) is 10.7. The second-order valence-corrected chi connectivity index (χ2v) is 9.49. The lowest BCUT2D eigenvalue weighted by Crippen LogP contribution is -2.33. The second-order valence-electron chi connectivity index (χ2n) is 7.79. The van der Waals surface area contributed by atoms with Crippen molar-refractivity contribution >= 4 is 46.0 Å². The standard InChI is InChI=1S/C21H18F5N7O2S2/c22-20(23,24)11-21(25,26)35-13-6-4-12(5-7-13)18(34)33(10-2-1-3-15-29-31-32-30-15)16-9-8-14-17(28-16)37-19(36)27-14/h4-9H,1-3,10-11H2,(H,27,36)(H,29,30,31,32). The molecule has 0 aliphatic rings. The van der Waals surface area contributed by atoms with Crippen LogP contribution in [0.1, 0.15) is 35.4 Å². The molecule has 1 amide bonds. The molecule has 4 rings (SSSR count). The minimum atomic E-state index is -5.11. The van der Waals surface area contributed by atoms with Crippen molar-refractivity contribution in [1.82, 2.24) is 30.6 Å². The van der Waals surface area contributed by atoms with Gasteiger partial charge < -0.3 is 4.74 Å². The van der Waals surface area contributed by atoms with E-state index in [1.807, 2.05) is 0 Å². The summed E-state index contributed by atoms with van der Waals surface area (Å²) in [6, 6.07) is 7.75. The zero-order valence-corrected chi connectivity index (χ0v) is 20.5. The average molecular weight is 560 g/mol. The number of nitrogens with one attached hydrogen (secondary N) is 1. The quantitative estimate of drug-likeness (QED) is 0.158. The van der Waals surface area contributed by atoms with Crippen LogP contribution >= 0.6 is 24.0 Å². The number of hydrogen-bond acceptors (Lipinski definition) is 9. The fourth-order valence-electron chi connectivity index (χ4n) is 3.37. The lowest BCUT2D eigenvalue weighted by Gasteiger charge is -2.22. The number of nitrogens with zero attached hydrogens (tertiary/aromatic N) is 6. The molecule has 1 N–H and O–H groups in total. The molecule has 0 aliphatic heterocycles. The number of pyridine rings is 1. The van der Waals surface area contributed by atoms with E-state index in [0.29, 0.717) is 45.6 Å². The Kier molecular flexibility index (Phi) is 7.87. The molecule has 37 heavy (non-hydrogen) atoms. The molecule has 0 unspecified atom stereocenters. The predicted molar refractivity (Wildman–Crippen MR) is 126 cm³/mol. The van der Waals surface area contributed by atoms with Gasteiger partial charge in [-0.3, -0.25) is 9.69 Å². The summed E-state index contributed by atoms with van der Waals surface area (Å²) < 4.78 is 68.9. The molecule has 0 atom stereocenters. The number of unbranched alkanes of at least 4 members (excludes halogenated alkanes) is 1. The van der Waals surface area contributed by atoms with E-state index in [1.54, 1.807) is 12.1 Å². The van der Waals surface area contributed by atoms with Gasteiger partial charge in [0, 0.05) is 18.5 Å². The van der Waals surface area contributed by atoms with Gasteiger partial charge in [0.1, 0.15) is 32.7 Å². The minimum absolute atomic E-state index is 0.103. The van der Waals surface area contributed by atoms with E-state index in [2.05, 4.69) is 48.0 Å². The number of anilines is 1. The lowest BCUT2D eigenvalue weighted by molar-refractivity contribution is -0.255. The Balaban J connectivity index is 1.51. The number of H-pyrrole nitrogens is 1. The molecule has 0 radical (unpaired) electrons. The maximum absolute atomic E-state index is 13.6. The summed E-state index contributed by atoms with van der Waals surface area (Å²) in [4.78, 5) is 24.1. The SMILES string of the molecule is O=C(c1ccc(OC(F)(F)CC(F)(F)F)cc1)N(CCCCc1nn[nH]n1)c1ccc2nc(S)sc2n1. The number of carbonyl (C=O) groups excluding carboxylic acids is 1. The van der Waals surface area contributed by atoms with Crippen molar-refractivity contribution in [3.8, 4) is 5.75 Å². The first-order valence-corrected chi connectivity index (χ1v) is 12.0. The van der Waals surface area contributed by atoms with Crippen molar-refractivity contribution in [2.75, 3.05) is 11.4 Å². The maximum Gasteiger partial charge on any atom is 0.406 e. The summed E-state index contributed by atoms with van der Waals surface area (Å²) in [5.74, 6) is -0.133. The highest BCUT2D eigenvalue weighted by molar-refractivity contribution is 7.82. The van der Waals surface area contributed by atoms with Gasteiger partial charge >= 0.3 is 12.3 Å². The van der Waals surface area contributed by atoms with Crippen LogP contribution in [-0.2, 0) is 6.42 Å². The van der Waals surface area contributed by atoms with Gasteiger partial charge in [0.2, 0.25) is 0 Å². The normalized spacial score (nSPS) is 12.2. The van der Waals surface area contributed by atoms with E-state index in [1.165, 1.54) is 28.4 Å². The number of aromatic nitrogens is 6. The Morgan fingerprint density at radius 1 is 1.05 bits per heavy atom. The third-order valence-corrected chi connectivity index (χ3v) is 6.09. The molecule has 0 spiro atoms. The van der Waals surface area contributed by atoms with E-state index in [-0.39, 0.29) is 12.1 Å². The highest BCUT2D eigenvalue weighted by Gasteiger charge is 2.45. The van der Waals surface area contributed by atoms with E-state index >= 15 is 0 Å². The van der Waals surface area contributed by atoms with Crippen LogP contribution in [0.5, 0.6) is 5.75 Å². The van der Waals surface area contributed by atoms with E-state index in [4.69, 9.17) is 0 Å². The molecule has 196 valence electrons. The monoisotopic (exact) mass is 559 g/mol. The van der Waals surface area contributed by atoms with E-state index in [0.717, 1.165) is 12.1 Å². The summed E-state index contributed by atoms with van der Waals surface area (Å²) in [6.07, 6.45) is -10.3. The Bertz CT molecular complexity index is 1350. The Morgan fingerprint density at radius 2 is 1.81 bits per heavy atom. The number of carbonyl (C=O) groups is 1. The highest BCUT2D eigenvalue weighted by atomic mass is 32.2. The number of tetrazole rings is 1. The number of halogens is 5. The largest absolute Gasteiger partial charge is 0.432 e. The molecule has 0 saturated heterocycles. The zero-order chi connectivity index (χ0) is 26.6. The molecule has 0 aliphatic carbocycles. The van der Waals surface area contributed by atoms with Crippen LogP contribution < -0.4 is 9.64 Å². The number of thiazole rings is 1. The molecule has 3 aromatic heterocycles. The fraction of sp³-hybridized carbons (Fsp3) is 0.333. The number of aromatic amines is 1. The van der Waals surface area contributed by atoms with Crippen LogP contribution in [0.25, 0.3) is 10.3 Å². The minimum Gasteiger partial charge on any atom is -0.432 e. The van der Waals surface area contributed by atoms with E-state index in [9.17, 15) is 26.7 Å². The van der Waals surface area contributed by atoms with Crippen LogP contribution in [0.15, 0.2) is 40.7 Å². The van der Waals surface area contributed by atoms with E-state index < -0.39 is 30.4 Å². The summed E-state index contributed by atoms with van der Waals surface area (Å²) >= 11 is 5.46. The Labute approximate surface area is 215 Å². The van der Waals surface area contributed by atoms with Gasteiger partial charge in [-0.1, -0.05) is 16.6 Å². The first-order chi connectivity index (χ1) is 17.5. The number of aryl methyl sites for hydroxylation is 1. The van der Waals surface area contributed by atoms with Gasteiger partial charge in [-0.05, 0) is 49.2 Å². The molecule has 16 heteroatoms. The number of fused-ring (bicyclic) bond motifs is 1. The maximum atomic E-state index is 13.6. The van der Waals surface area contributed by atoms with Crippen molar-refractivity contribution in [2.45, 2.75) is 42.3 Å². The van der Waals surface area contributed by atoms with Gasteiger partial charge in [-0.15, -0.1) is 22.8 Å². The lowest BCUT2D eigenvalue weighted by atomic mass is 10.1. The molecule has 9 nitrogen and oxygen atoms in total. The summed E-state index contributed by atoms with van der Waals surface area (Å²) in [5, 5.41) is 13.6. The third kappa shape index (κ3) is 7.31. The van der Waals surface area contributed by atoms with Crippen molar-refractivity contribution in [2.24, 2.45) is 0 Å². The third-order valence-electron chi connectivity index (χ3n) is 4.95. The predicted octanol–water partition coefficient (Wildman–Crippen LogP) is 5.09. The Hall–Kier alpha value is -3.40. The molecule has 1 aromatic carbocycles. The van der Waals surface area contributed by atoms with Crippen LogP contribution in [-0.4, -0.2) is 55.3 Å². The van der Waals surface area contributed by atoms with Crippen molar-refractivity contribution in [1.29, 1.82) is 0 Å². The second kappa shape index (κ2) is 10.9. The van der Waals surface area contributed by atoms with Crippen LogP contribution in [0.4, 0.5) is 27.8 Å². The molecule has 4 aromatic rings. The van der Waals surface area contributed by atoms with Gasteiger partial charge in [0.25, 0.3) is 5.91 Å². The molecular weight excluding hydrogens is 541 g/mol. The van der Waals surface area contributed by atoms with Gasteiger partial charge in [0.05, 0.1) is 0 Å². The number of ether oxygens (including phenoxy) is 1. The van der Waals surface area contributed by atoms with Crippen molar-refractivity contribution in [3.63, 3.8) is 0 Å². The van der Waals surface area contributed by atoms with Crippen LogP contribution in [0.2, 0.25) is 0 Å². The number of alkyl halides is 5. The van der Waals surface area contributed by atoms with Crippen molar-refractivity contribution in [3.05, 3.63) is 47.8 Å². The summed E-state index contributed by atoms with van der Waals surface area (Å²) in [7, 11) is 0. The fourth-order valence-corrected chi connectivity index (χ4v) is 4.41. The number of amides is 1. The number of hydrogen-bond donors (Lipinski definition) is 2. The van der Waals surface area contributed by atoms with Crippen molar-refractivity contribution < 1.29 is 31.5 Å². The molecule has 0 fully saturated rings. The molecule has 0 saturated carbocycles. The molecule has 0 bridgehead atoms. The first kappa shape index (κ1) is 26.7. The smallest absolute Gasteiger partial charge is 0.406 e. The summed E-state index contributed by atoms with van der Waals surface area (Å²) in [6.45, 7) is 0.254. The van der Waals surface area contributed by atoms with Gasteiger partial charge in [-0.25, -0.2) is 9.97 Å². The van der Waals surface area contributed by atoms with Crippen LogP contribution in [0, 0.1) is 0 Å². The molecular formula is C21H18F5N7O2S2. The summed E-state index contributed by atoms with van der Waals surface area (Å²) in [5.41, 5.74) is 0.718.